The minimum atomic E-state index is -0.265. The summed E-state index contributed by atoms with van der Waals surface area (Å²) in [6.07, 6.45) is 0. The Balaban J connectivity index is 2.51. The Kier molecular flexibility index (Phi) is 6.84. The molecule has 1 aromatic rings. The zero-order valence-electron chi connectivity index (χ0n) is 13.6. The highest BCUT2D eigenvalue weighted by Crippen LogP contribution is 2.14. The third-order valence-electron chi connectivity index (χ3n) is 2.94. The molecule has 3 N–H and O–H groups in total. The number of quaternary nitrogens is 1. The molecule has 122 valence electrons. The van der Waals surface area contributed by atoms with Gasteiger partial charge in [0.05, 0.1) is 6.54 Å². The van der Waals surface area contributed by atoms with Gasteiger partial charge in [-0.25, -0.2) is 0 Å². The van der Waals surface area contributed by atoms with Gasteiger partial charge in [-0.1, -0.05) is 17.7 Å². The standard InChI is InChI=1S/C16H24ClN3O2/c1-5-20(11-15(22)19-16(2,3)4)10-14(21)18-13-8-6-7-12(17)9-13/h6-9H,5,10-11H2,1-4H3,(H,18,21)(H,19,22)/p+1. The summed E-state index contributed by atoms with van der Waals surface area (Å²) in [6, 6.07) is 7.00. The second kappa shape index (κ2) is 8.15. The highest BCUT2D eigenvalue weighted by atomic mass is 35.5. The molecule has 0 spiro atoms. The number of halogens is 1. The molecule has 5 nitrogen and oxygen atoms in total. The van der Waals surface area contributed by atoms with Gasteiger partial charge >= 0.3 is 0 Å². The Morgan fingerprint density at radius 1 is 1.18 bits per heavy atom. The summed E-state index contributed by atoms with van der Waals surface area (Å²) in [5.74, 6) is -0.192. The summed E-state index contributed by atoms with van der Waals surface area (Å²) in [5, 5.41) is 6.27. The molecule has 0 aliphatic heterocycles. The van der Waals surface area contributed by atoms with Gasteiger partial charge in [0.15, 0.2) is 13.1 Å². The van der Waals surface area contributed by atoms with E-state index in [4.69, 9.17) is 11.6 Å². The summed E-state index contributed by atoms with van der Waals surface area (Å²) in [7, 11) is 0. The van der Waals surface area contributed by atoms with E-state index < -0.39 is 0 Å². The SMILES string of the molecule is CC[NH+](CC(=O)Nc1cccc(Cl)c1)CC(=O)NC(C)(C)C. The number of likely N-dealkylation sites (N-methyl/N-ethyl adjacent to an activating group) is 1. The zero-order valence-corrected chi connectivity index (χ0v) is 14.4. The van der Waals surface area contributed by atoms with E-state index in [0.717, 1.165) is 4.90 Å². The monoisotopic (exact) mass is 326 g/mol. The highest BCUT2D eigenvalue weighted by Gasteiger charge is 2.20. The van der Waals surface area contributed by atoms with Gasteiger partial charge in [-0.2, -0.15) is 0 Å². The lowest BCUT2D eigenvalue weighted by molar-refractivity contribution is -0.881. The van der Waals surface area contributed by atoms with Crippen molar-refractivity contribution < 1.29 is 14.5 Å². The van der Waals surface area contributed by atoms with Crippen LogP contribution in [0, 0.1) is 0 Å². The minimum Gasteiger partial charge on any atom is -0.347 e. The Bertz CT molecular complexity index is 526. The molecule has 1 unspecified atom stereocenters. The second-order valence-electron chi connectivity index (χ2n) is 6.31. The van der Waals surface area contributed by atoms with Crippen LogP contribution in [-0.4, -0.2) is 37.0 Å². The molecule has 0 saturated carbocycles. The van der Waals surface area contributed by atoms with Crippen LogP contribution in [0.15, 0.2) is 24.3 Å². The maximum atomic E-state index is 12.1. The Morgan fingerprint density at radius 2 is 1.82 bits per heavy atom. The van der Waals surface area contributed by atoms with Gasteiger partial charge in [0.1, 0.15) is 0 Å². The molecule has 0 heterocycles. The first-order chi connectivity index (χ1) is 10.2. The maximum Gasteiger partial charge on any atom is 0.279 e. The fourth-order valence-corrected chi connectivity index (χ4v) is 2.19. The zero-order chi connectivity index (χ0) is 16.8. The fourth-order valence-electron chi connectivity index (χ4n) is 2.00. The first-order valence-corrected chi connectivity index (χ1v) is 7.77. The number of carbonyl (C=O) groups excluding carboxylic acids is 2. The van der Waals surface area contributed by atoms with Crippen LogP contribution >= 0.6 is 11.6 Å². The largest absolute Gasteiger partial charge is 0.347 e. The van der Waals surface area contributed by atoms with E-state index in [2.05, 4.69) is 10.6 Å². The number of hydrogen-bond acceptors (Lipinski definition) is 2. The minimum absolute atomic E-state index is 0.0556. The number of carbonyl (C=O) groups is 2. The predicted octanol–water partition coefficient (Wildman–Crippen LogP) is 1.10. The van der Waals surface area contributed by atoms with Crippen LogP contribution in [0.2, 0.25) is 5.02 Å². The van der Waals surface area contributed by atoms with E-state index in [0.29, 0.717) is 17.3 Å². The van der Waals surface area contributed by atoms with Crippen molar-refractivity contribution in [3.05, 3.63) is 29.3 Å². The second-order valence-corrected chi connectivity index (χ2v) is 6.75. The van der Waals surface area contributed by atoms with Crippen molar-refractivity contribution >= 4 is 29.1 Å². The molecule has 0 saturated heterocycles. The average Bonchev–Trinajstić information content (AvgIpc) is 2.35. The molecule has 2 amide bonds. The molecule has 0 aromatic heterocycles. The lowest BCUT2D eigenvalue weighted by atomic mass is 10.1. The van der Waals surface area contributed by atoms with Gasteiger partial charge in [-0.3, -0.25) is 9.59 Å². The number of rotatable bonds is 6. The molecule has 0 aliphatic rings. The van der Waals surface area contributed by atoms with Crippen molar-refractivity contribution in [3.8, 4) is 0 Å². The van der Waals surface area contributed by atoms with E-state index in [1.54, 1.807) is 24.3 Å². The third kappa shape index (κ3) is 7.43. The summed E-state index contributed by atoms with van der Waals surface area (Å²) in [5.41, 5.74) is 0.394. The average molecular weight is 327 g/mol. The van der Waals surface area contributed by atoms with E-state index in [9.17, 15) is 9.59 Å². The molecular weight excluding hydrogens is 302 g/mol. The molecule has 0 fully saturated rings. The van der Waals surface area contributed by atoms with Crippen LogP contribution in [-0.2, 0) is 9.59 Å². The van der Waals surface area contributed by atoms with E-state index >= 15 is 0 Å². The van der Waals surface area contributed by atoms with Crippen molar-refractivity contribution in [1.29, 1.82) is 0 Å². The van der Waals surface area contributed by atoms with Crippen molar-refractivity contribution in [3.63, 3.8) is 0 Å². The molecule has 6 heteroatoms. The van der Waals surface area contributed by atoms with E-state index in [1.165, 1.54) is 0 Å². The molecular formula is C16H25ClN3O2+. The molecule has 22 heavy (non-hydrogen) atoms. The van der Waals surface area contributed by atoms with Gasteiger partial charge in [-0.15, -0.1) is 0 Å². The number of benzene rings is 1. The van der Waals surface area contributed by atoms with Crippen LogP contribution < -0.4 is 15.5 Å². The summed E-state index contributed by atoms with van der Waals surface area (Å²) < 4.78 is 0. The van der Waals surface area contributed by atoms with Crippen LogP contribution in [0.1, 0.15) is 27.7 Å². The first kappa shape index (κ1) is 18.5. The molecule has 0 bridgehead atoms. The summed E-state index contributed by atoms with van der Waals surface area (Å²) in [4.78, 5) is 24.9. The number of nitrogens with one attached hydrogen (secondary N) is 3. The van der Waals surface area contributed by atoms with Gasteiger partial charge in [0.2, 0.25) is 0 Å². The number of amides is 2. The first-order valence-electron chi connectivity index (χ1n) is 7.39. The molecule has 1 atom stereocenters. The number of hydrogen-bond donors (Lipinski definition) is 3. The molecule has 0 radical (unpaired) electrons. The molecule has 0 aliphatic carbocycles. The van der Waals surface area contributed by atoms with Crippen molar-refractivity contribution in [2.45, 2.75) is 33.2 Å². The summed E-state index contributed by atoms with van der Waals surface area (Å²) >= 11 is 5.88. The maximum absolute atomic E-state index is 12.1. The van der Waals surface area contributed by atoms with Gasteiger partial charge in [0.25, 0.3) is 11.8 Å². The Hall–Kier alpha value is -1.59. The van der Waals surface area contributed by atoms with Crippen molar-refractivity contribution in [2.24, 2.45) is 0 Å². The lowest BCUT2D eigenvalue weighted by Crippen LogP contribution is -3.14. The van der Waals surface area contributed by atoms with Crippen molar-refractivity contribution in [2.75, 3.05) is 25.0 Å². The van der Waals surface area contributed by atoms with Gasteiger partial charge in [0, 0.05) is 16.2 Å². The lowest BCUT2D eigenvalue weighted by Gasteiger charge is -2.23. The smallest absolute Gasteiger partial charge is 0.279 e. The van der Waals surface area contributed by atoms with Gasteiger partial charge in [-0.05, 0) is 45.9 Å². The van der Waals surface area contributed by atoms with Crippen LogP contribution in [0.25, 0.3) is 0 Å². The van der Waals surface area contributed by atoms with Crippen LogP contribution in [0.3, 0.4) is 0 Å². The Labute approximate surface area is 137 Å². The highest BCUT2D eigenvalue weighted by molar-refractivity contribution is 6.30. The quantitative estimate of drug-likeness (QED) is 0.733. The summed E-state index contributed by atoms with van der Waals surface area (Å²) in [6.45, 7) is 8.96. The topological polar surface area (TPSA) is 62.6 Å². The predicted molar refractivity (Wildman–Crippen MR) is 89.2 cm³/mol. The Morgan fingerprint density at radius 3 is 2.36 bits per heavy atom. The van der Waals surface area contributed by atoms with Crippen LogP contribution in [0.5, 0.6) is 0 Å². The molecule has 1 rings (SSSR count). The van der Waals surface area contributed by atoms with Crippen LogP contribution in [0.4, 0.5) is 5.69 Å². The third-order valence-corrected chi connectivity index (χ3v) is 3.18. The van der Waals surface area contributed by atoms with Crippen molar-refractivity contribution in [1.82, 2.24) is 5.32 Å². The van der Waals surface area contributed by atoms with E-state index in [1.807, 2.05) is 27.7 Å². The number of anilines is 1. The normalized spacial score (nSPS) is 12.6. The molecule has 1 aromatic carbocycles. The van der Waals surface area contributed by atoms with Gasteiger partial charge < -0.3 is 15.5 Å². The fraction of sp³-hybridized carbons (Fsp3) is 0.500. The van der Waals surface area contributed by atoms with E-state index in [-0.39, 0.29) is 30.4 Å².